The van der Waals surface area contributed by atoms with Gasteiger partial charge in [-0.05, 0) is 65.9 Å². The van der Waals surface area contributed by atoms with E-state index in [0.29, 0.717) is 42.8 Å². The molecular formula is C35H37N5O10S. The fraction of sp³-hybridized carbons (Fsp3) is 0.343. The van der Waals surface area contributed by atoms with Gasteiger partial charge in [-0.25, -0.2) is 9.59 Å². The number of carbonyl (C=O) groups excluding carboxylic acids is 3. The molecule has 2 aliphatic rings. The van der Waals surface area contributed by atoms with Crippen LogP contribution in [0.2, 0.25) is 0 Å². The smallest absolute Gasteiger partial charge is 0.410 e. The van der Waals surface area contributed by atoms with Crippen molar-refractivity contribution in [1.29, 1.82) is 0 Å². The van der Waals surface area contributed by atoms with E-state index < -0.39 is 28.1 Å². The van der Waals surface area contributed by atoms with E-state index in [-0.39, 0.29) is 48.3 Å². The number of hydrogen-bond acceptors (Lipinski definition) is 11. The first kappa shape index (κ1) is 36.6. The topological polar surface area (TPSA) is 184 Å². The van der Waals surface area contributed by atoms with Crippen LogP contribution in [-0.2, 0) is 33.2 Å². The van der Waals surface area contributed by atoms with Crippen LogP contribution >= 0.6 is 11.8 Å². The fourth-order valence-electron chi connectivity index (χ4n) is 5.66. The SMILES string of the molecule is COc1ccc(CS[C@H]2C[C@@H](/C=C/C(=O)N3CC[C@H](NC(=O)OCc4ccc([N+](=O)[O-])cc4)C3)N(C(=O)OCc3ccc([N+](=O)[O-])cc3)C2)cc1. The van der Waals surface area contributed by atoms with Gasteiger partial charge >= 0.3 is 12.2 Å². The van der Waals surface area contributed by atoms with E-state index in [1.807, 2.05) is 24.3 Å². The maximum atomic E-state index is 13.3. The Kier molecular flexibility index (Phi) is 12.5. The van der Waals surface area contributed by atoms with Gasteiger partial charge in [-0.3, -0.25) is 25.0 Å². The summed E-state index contributed by atoms with van der Waals surface area (Å²) in [6.07, 6.45) is 3.08. The van der Waals surface area contributed by atoms with Crippen LogP contribution in [0.25, 0.3) is 0 Å². The predicted octanol–water partition coefficient (Wildman–Crippen LogP) is 5.61. The Hall–Kier alpha value is -5.64. The van der Waals surface area contributed by atoms with Crippen molar-refractivity contribution in [2.24, 2.45) is 0 Å². The molecule has 15 nitrogen and oxygen atoms in total. The average Bonchev–Trinajstić information content (AvgIpc) is 3.79. The number of hydrogen-bond donors (Lipinski definition) is 1. The number of ether oxygens (including phenoxy) is 3. The van der Waals surface area contributed by atoms with E-state index in [9.17, 15) is 34.6 Å². The van der Waals surface area contributed by atoms with Crippen molar-refractivity contribution in [3.05, 3.63) is 122 Å². The largest absolute Gasteiger partial charge is 0.497 e. The zero-order valence-electron chi connectivity index (χ0n) is 27.8. The molecule has 1 N–H and O–H groups in total. The predicted molar refractivity (Wildman–Crippen MR) is 187 cm³/mol. The highest BCUT2D eigenvalue weighted by Crippen LogP contribution is 2.32. The lowest BCUT2D eigenvalue weighted by atomic mass is 10.2. The zero-order valence-corrected chi connectivity index (χ0v) is 28.6. The van der Waals surface area contributed by atoms with E-state index in [2.05, 4.69) is 5.32 Å². The quantitative estimate of drug-likeness (QED) is 0.132. The van der Waals surface area contributed by atoms with Gasteiger partial charge in [-0.1, -0.05) is 18.2 Å². The van der Waals surface area contributed by atoms with Gasteiger partial charge in [-0.2, -0.15) is 11.8 Å². The van der Waals surface area contributed by atoms with Crippen molar-refractivity contribution in [3.63, 3.8) is 0 Å². The molecule has 3 aromatic carbocycles. The standard InChI is InChI=1S/C35H37N5O10S/c1-48-31-13-6-26(7-14-31)23-51-32-18-30(38(20-32)35(43)50-22-25-4-10-29(11-5-25)40(46)47)12-15-33(41)37-17-16-27(19-37)36-34(42)49-21-24-2-8-28(9-3-24)39(44)45/h2-15,27,30,32H,16-23H2,1H3,(H,36,42)/b15-12+/t27-,30+,32-/m0/s1. The number of carbonyl (C=O) groups is 3. The number of alkyl carbamates (subject to hydrolysis) is 1. The van der Waals surface area contributed by atoms with Gasteiger partial charge in [0.15, 0.2) is 0 Å². The lowest BCUT2D eigenvalue weighted by molar-refractivity contribution is -0.385. The molecule has 0 unspecified atom stereocenters. The van der Waals surface area contributed by atoms with Crippen LogP contribution < -0.4 is 10.1 Å². The minimum absolute atomic E-state index is 0.0587. The highest BCUT2D eigenvalue weighted by molar-refractivity contribution is 7.99. The van der Waals surface area contributed by atoms with E-state index >= 15 is 0 Å². The van der Waals surface area contributed by atoms with Gasteiger partial charge in [0.1, 0.15) is 19.0 Å². The summed E-state index contributed by atoms with van der Waals surface area (Å²) in [5.41, 5.74) is 2.19. The molecule has 51 heavy (non-hydrogen) atoms. The first-order valence-electron chi connectivity index (χ1n) is 16.1. The maximum absolute atomic E-state index is 13.3. The monoisotopic (exact) mass is 719 g/mol. The van der Waals surface area contributed by atoms with Crippen LogP contribution in [0.1, 0.15) is 29.5 Å². The van der Waals surface area contributed by atoms with Crippen LogP contribution in [0.4, 0.5) is 21.0 Å². The number of nitrogens with zero attached hydrogens (tertiary/aromatic N) is 4. The number of amides is 3. The van der Waals surface area contributed by atoms with Crippen molar-refractivity contribution >= 4 is 41.2 Å². The molecule has 0 saturated carbocycles. The number of methoxy groups -OCH3 is 1. The number of nitrogens with one attached hydrogen (secondary N) is 1. The normalized spacial score (nSPS) is 18.4. The Bertz CT molecular complexity index is 1740. The third-order valence-corrected chi connectivity index (χ3v) is 9.81. The molecule has 2 saturated heterocycles. The molecule has 0 bridgehead atoms. The van der Waals surface area contributed by atoms with Crippen LogP contribution in [-0.4, -0.2) is 81.8 Å². The van der Waals surface area contributed by atoms with Crippen LogP contribution in [0.5, 0.6) is 5.75 Å². The Morgan fingerprint density at radius 2 is 1.45 bits per heavy atom. The molecule has 3 aromatic rings. The Morgan fingerprint density at radius 3 is 2.04 bits per heavy atom. The highest BCUT2D eigenvalue weighted by Gasteiger charge is 2.36. The number of likely N-dealkylation sites (tertiary alicyclic amines) is 2. The number of nitro groups is 2. The minimum Gasteiger partial charge on any atom is -0.497 e. The third-order valence-electron chi connectivity index (χ3n) is 8.49. The van der Waals surface area contributed by atoms with E-state index in [0.717, 1.165) is 11.3 Å². The summed E-state index contributed by atoms with van der Waals surface area (Å²) in [5, 5.41) is 24.6. The van der Waals surface area contributed by atoms with E-state index in [1.54, 1.807) is 34.7 Å². The summed E-state index contributed by atoms with van der Waals surface area (Å²) in [5.74, 6) is 1.22. The van der Waals surface area contributed by atoms with Crippen molar-refractivity contribution in [2.75, 3.05) is 26.7 Å². The highest BCUT2D eigenvalue weighted by atomic mass is 32.2. The number of thioether (sulfide) groups is 1. The molecule has 0 aliphatic carbocycles. The molecule has 2 aliphatic heterocycles. The van der Waals surface area contributed by atoms with Gasteiger partial charge in [0, 0.05) is 61.0 Å². The summed E-state index contributed by atoms with van der Waals surface area (Å²) in [4.78, 5) is 62.8. The molecule has 268 valence electrons. The van der Waals surface area contributed by atoms with Crippen molar-refractivity contribution < 1.29 is 38.4 Å². The first-order valence-corrected chi connectivity index (χ1v) is 17.2. The molecule has 3 atom stereocenters. The molecule has 0 spiro atoms. The molecule has 0 radical (unpaired) electrons. The Labute approximate surface area is 297 Å². The van der Waals surface area contributed by atoms with Crippen LogP contribution in [0.15, 0.2) is 84.9 Å². The molecule has 0 aromatic heterocycles. The maximum Gasteiger partial charge on any atom is 0.410 e. The molecule has 5 rings (SSSR count). The molecule has 2 fully saturated rings. The zero-order chi connectivity index (χ0) is 36.3. The summed E-state index contributed by atoms with van der Waals surface area (Å²) in [6, 6.07) is 18.5. The van der Waals surface area contributed by atoms with E-state index in [1.165, 1.54) is 54.6 Å². The molecule has 3 amide bonds. The first-order chi connectivity index (χ1) is 24.6. The van der Waals surface area contributed by atoms with Gasteiger partial charge in [0.25, 0.3) is 11.4 Å². The average molecular weight is 720 g/mol. The third kappa shape index (κ3) is 10.4. The second-order valence-corrected chi connectivity index (χ2v) is 13.3. The van der Waals surface area contributed by atoms with Crippen LogP contribution in [0, 0.1) is 20.2 Å². The lowest BCUT2D eigenvalue weighted by Gasteiger charge is -2.22. The number of rotatable bonds is 13. The Balaban J connectivity index is 1.14. The van der Waals surface area contributed by atoms with Gasteiger partial charge in [0.2, 0.25) is 5.91 Å². The summed E-state index contributed by atoms with van der Waals surface area (Å²) in [6.45, 7) is 0.978. The van der Waals surface area contributed by atoms with Crippen molar-refractivity contribution in [2.45, 2.75) is 49.1 Å². The van der Waals surface area contributed by atoms with Crippen molar-refractivity contribution in [3.8, 4) is 5.75 Å². The van der Waals surface area contributed by atoms with Gasteiger partial charge < -0.3 is 29.3 Å². The second kappa shape index (κ2) is 17.3. The summed E-state index contributed by atoms with van der Waals surface area (Å²) in [7, 11) is 1.61. The van der Waals surface area contributed by atoms with Gasteiger partial charge in [-0.15, -0.1) is 0 Å². The second-order valence-electron chi connectivity index (χ2n) is 12.0. The summed E-state index contributed by atoms with van der Waals surface area (Å²) >= 11 is 1.70. The van der Waals surface area contributed by atoms with Gasteiger partial charge in [0.05, 0.1) is 29.0 Å². The molecule has 16 heteroatoms. The van der Waals surface area contributed by atoms with E-state index in [4.69, 9.17) is 14.2 Å². The van der Waals surface area contributed by atoms with Crippen LogP contribution in [0.3, 0.4) is 0 Å². The van der Waals surface area contributed by atoms with Crippen molar-refractivity contribution in [1.82, 2.24) is 15.1 Å². The minimum atomic E-state index is -0.657. The molecular weight excluding hydrogens is 682 g/mol. The Morgan fingerprint density at radius 1 is 0.863 bits per heavy atom. The lowest BCUT2D eigenvalue weighted by Crippen LogP contribution is -2.38. The fourth-order valence-corrected chi connectivity index (χ4v) is 6.88. The number of benzene rings is 3. The summed E-state index contributed by atoms with van der Waals surface area (Å²) < 4.78 is 16.1. The molecule has 2 heterocycles. The number of nitro benzene ring substituents is 2. The number of non-ortho nitro benzene ring substituents is 2.